The van der Waals surface area contributed by atoms with Gasteiger partial charge in [0, 0.05) is 12.3 Å². The largest absolute Gasteiger partial charge is 0.459 e. The van der Waals surface area contributed by atoms with Gasteiger partial charge in [0.25, 0.3) is 5.56 Å². The summed E-state index contributed by atoms with van der Waals surface area (Å²) in [6, 6.07) is 17.8. The molecule has 1 aromatic heterocycles. The molecule has 9 heteroatoms. The first kappa shape index (κ1) is 22.8. The van der Waals surface area contributed by atoms with Crippen molar-refractivity contribution in [2.75, 3.05) is 6.61 Å². The predicted molar refractivity (Wildman–Crippen MR) is 120 cm³/mol. The standard InChI is InChI=1S/C25H20N2O7/c1-2-18-21(34-24(30)17-11-7-4-8-12-17)19(15-32-23(29)16-9-5-3-6-10-16)33-22(18)27-14-13-20(28)26-25(27)31/h1,3-14,18-19,21-22H,15H2,(H,26,28,31). The Labute approximate surface area is 193 Å². The molecule has 0 amide bonds. The number of esters is 2. The molecule has 34 heavy (non-hydrogen) atoms. The number of aromatic amines is 1. The van der Waals surface area contributed by atoms with Gasteiger partial charge in [-0.2, -0.15) is 0 Å². The number of carbonyl (C=O) groups excluding carboxylic acids is 2. The molecule has 0 radical (unpaired) electrons. The Bertz CT molecular complexity index is 1320. The molecular weight excluding hydrogens is 440 g/mol. The van der Waals surface area contributed by atoms with Crippen LogP contribution in [-0.2, 0) is 14.2 Å². The molecule has 1 N–H and O–H groups in total. The van der Waals surface area contributed by atoms with Gasteiger partial charge in [-0.05, 0) is 24.3 Å². The average Bonchev–Trinajstić information content (AvgIpc) is 3.20. The van der Waals surface area contributed by atoms with Crippen LogP contribution in [0.3, 0.4) is 0 Å². The van der Waals surface area contributed by atoms with E-state index in [1.165, 1.54) is 6.20 Å². The minimum atomic E-state index is -1.07. The van der Waals surface area contributed by atoms with Gasteiger partial charge >= 0.3 is 17.6 Å². The second-order valence-electron chi connectivity index (χ2n) is 7.48. The molecule has 0 bridgehead atoms. The molecule has 9 nitrogen and oxygen atoms in total. The van der Waals surface area contributed by atoms with E-state index in [1.54, 1.807) is 60.7 Å². The fourth-order valence-corrected chi connectivity index (χ4v) is 3.64. The third-order valence-electron chi connectivity index (χ3n) is 5.30. The Morgan fingerprint density at radius 3 is 2.18 bits per heavy atom. The van der Waals surface area contributed by atoms with Crippen molar-refractivity contribution < 1.29 is 23.8 Å². The maximum Gasteiger partial charge on any atom is 0.338 e. The van der Waals surface area contributed by atoms with Crippen molar-refractivity contribution in [3.05, 3.63) is 105 Å². The highest BCUT2D eigenvalue weighted by Gasteiger charge is 2.48. The van der Waals surface area contributed by atoms with Gasteiger partial charge in [-0.15, -0.1) is 6.42 Å². The van der Waals surface area contributed by atoms with Crippen LogP contribution < -0.4 is 11.2 Å². The summed E-state index contributed by atoms with van der Waals surface area (Å²) in [4.78, 5) is 51.2. The number of hydrogen-bond acceptors (Lipinski definition) is 7. The summed E-state index contributed by atoms with van der Waals surface area (Å²) in [6.45, 7) is -0.284. The van der Waals surface area contributed by atoms with E-state index in [4.69, 9.17) is 20.6 Å². The number of carbonyl (C=O) groups is 2. The van der Waals surface area contributed by atoms with Crippen molar-refractivity contribution >= 4 is 11.9 Å². The molecule has 1 aliphatic rings. The summed E-state index contributed by atoms with van der Waals surface area (Å²) in [6.07, 6.45) is 3.91. The van der Waals surface area contributed by atoms with Gasteiger partial charge in [0.1, 0.15) is 24.7 Å². The molecule has 4 atom stereocenters. The van der Waals surface area contributed by atoms with E-state index in [0.717, 1.165) is 10.6 Å². The van der Waals surface area contributed by atoms with Crippen LogP contribution in [0.25, 0.3) is 0 Å². The summed E-state index contributed by atoms with van der Waals surface area (Å²) in [5, 5.41) is 0. The Balaban J connectivity index is 1.61. The summed E-state index contributed by atoms with van der Waals surface area (Å²) in [5.74, 6) is 0.363. The quantitative estimate of drug-likeness (QED) is 0.440. The number of rotatable bonds is 6. The van der Waals surface area contributed by atoms with E-state index in [2.05, 4.69) is 10.9 Å². The van der Waals surface area contributed by atoms with Crippen molar-refractivity contribution in [2.24, 2.45) is 5.92 Å². The van der Waals surface area contributed by atoms with E-state index in [-0.39, 0.29) is 6.61 Å². The SMILES string of the molecule is C#CC1C(OC(=O)c2ccccc2)C(COC(=O)c2ccccc2)OC1n1ccc(=O)[nH]c1=O. The highest BCUT2D eigenvalue weighted by Crippen LogP contribution is 2.36. The highest BCUT2D eigenvalue weighted by atomic mass is 16.6. The van der Waals surface area contributed by atoms with Crippen LogP contribution in [0, 0.1) is 18.3 Å². The van der Waals surface area contributed by atoms with Crippen molar-refractivity contribution in [3.8, 4) is 12.3 Å². The summed E-state index contributed by atoms with van der Waals surface area (Å²) in [7, 11) is 0. The first-order valence-corrected chi connectivity index (χ1v) is 10.4. The second kappa shape index (κ2) is 10.0. The van der Waals surface area contributed by atoms with E-state index in [9.17, 15) is 19.2 Å². The zero-order chi connectivity index (χ0) is 24.1. The fourth-order valence-electron chi connectivity index (χ4n) is 3.64. The number of hydrogen-bond donors (Lipinski definition) is 1. The Morgan fingerprint density at radius 1 is 0.971 bits per heavy atom. The molecule has 4 rings (SSSR count). The van der Waals surface area contributed by atoms with E-state index < -0.39 is 47.5 Å². The Kier molecular flexibility index (Phi) is 6.71. The number of nitrogens with zero attached hydrogens (tertiary/aromatic N) is 1. The van der Waals surface area contributed by atoms with Gasteiger partial charge in [0.05, 0.1) is 11.1 Å². The van der Waals surface area contributed by atoms with Gasteiger partial charge in [-0.1, -0.05) is 42.3 Å². The minimum Gasteiger partial charge on any atom is -0.459 e. The maximum atomic E-state index is 12.8. The number of aromatic nitrogens is 2. The van der Waals surface area contributed by atoms with Gasteiger partial charge < -0.3 is 14.2 Å². The first-order chi connectivity index (χ1) is 16.5. The molecule has 172 valence electrons. The molecule has 3 aromatic rings. The molecule has 2 heterocycles. The molecular formula is C25H20N2O7. The lowest BCUT2D eigenvalue weighted by atomic mass is 10.00. The van der Waals surface area contributed by atoms with Crippen molar-refractivity contribution in [3.63, 3.8) is 0 Å². The minimum absolute atomic E-state index is 0.284. The van der Waals surface area contributed by atoms with Crippen LogP contribution in [0.15, 0.2) is 82.5 Å². The maximum absolute atomic E-state index is 12.8. The van der Waals surface area contributed by atoms with Crippen LogP contribution in [0.5, 0.6) is 0 Å². The van der Waals surface area contributed by atoms with Crippen molar-refractivity contribution in [1.82, 2.24) is 9.55 Å². The molecule has 4 unspecified atom stereocenters. The third-order valence-corrected chi connectivity index (χ3v) is 5.30. The zero-order valence-electron chi connectivity index (χ0n) is 17.8. The van der Waals surface area contributed by atoms with Gasteiger partial charge in [-0.3, -0.25) is 14.3 Å². The van der Waals surface area contributed by atoms with Crippen LogP contribution in [0.1, 0.15) is 26.9 Å². The number of H-pyrrole nitrogens is 1. The van der Waals surface area contributed by atoms with E-state index in [1.807, 2.05) is 0 Å². The molecule has 1 aliphatic heterocycles. The number of benzene rings is 2. The zero-order valence-corrected chi connectivity index (χ0v) is 17.8. The molecule has 0 aliphatic carbocycles. The van der Waals surface area contributed by atoms with Crippen LogP contribution >= 0.6 is 0 Å². The van der Waals surface area contributed by atoms with Crippen molar-refractivity contribution in [1.29, 1.82) is 0 Å². The molecule has 0 saturated carbocycles. The summed E-state index contributed by atoms with van der Waals surface area (Å²) < 4.78 is 18.1. The lowest BCUT2D eigenvalue weighted by Crippen LogP contribution is -2.36. The van der Waals surface area contributed by atoms with Crippen molar-refractivity contribution in [2.45, 2.75) is 18.4 Å². The van der Waals surface area contributed by atoms with E-state index in [0.29, 0.717) is 11.1 Å². The summed E-state index contributed by atoms with van der Waals surface area (Å²) >= 11 is 0. The van der Waals surface area contributed by atoms with Crippen LogP contribution in [0.2, 0.25) is 0 Å². The normalized spacial score (nSPS) is 21.4. The topological polar surface area (TPSA) is 117 Å². The first-order valence-electron chi connectivity index (χ1n) is 10.4. The van der Waals surface area contributed by atoms with Crippen LogP contribution in [0.4, 0.5) is 0 Å². The summed E-state index contributed by atoms with van der Waals surface area (Å²) in [5.41, 5.74) is -0.701. The van der Waals surface area contributed by atoms with Gasteiger partial charge in [0.2, 0.25) is 0 Å². The molecule has 0 spiro atoms. The lowest BCUT2D eigenvalue weighted by molar-refractivity contribution is -0.0585. The fraction of sp³-hybridized carbons (Fsp3) is 0.200. The molecule has 1 fully saturated rings. The lowest BCUT2D eigenvalue weighted by Gasteiger charge is -2.21. The number of ether oxygens (including phenoxy) is 3. The number of nitrogens with one attached hydrogen (secondary N) is 1. The third kappa shape index (κ3) is 4.82. The predicted octanol–water partition coefficient (Wildman–Crippen LogP) is 1.77. The molecule has 2 aromatic carbocycles. The monoisotopic (exact) mass is 460 g/mol. The smallest absolute Gasteiger partial charge is 0.338 e. The highest BCUT2D eigenvalue weighted by molar-refractivity contribution is 5.90. The van der Waals surface area contributed by atoms with E-state index >= 15 is 0 Å². The second-order valence-corrected chi connectivity index (χ2v) is 7.48. The Morgan fingerprint density at radius 2 is 1.59 bits per heavy atom. The molecule has 1 saturated heterocycles. The Hall–Kier alpha value is -4.42. The van der Waals surface area contributed by atoms with Gasteiger partial charge in [-0.25, -0.2) is 14.4 Å². The average molecular weight is 460 g/mol. The van der Waals surface area contributed by atoms with Gasteiger partial charge in [0.15, 0.2) is 6.23 Å². The number of terminal acetylenes is 1. The van der Waals surface area contributed by atoms with Crippen LogP contribution in [-0.4, -0.2) is 40.3 Å².